The molecule has 1 saturated carbocycles. The van der Waals surface area contributed by atoms with Crippen LogP contribution < -0.4 is 10.6 Å². The number of amides is 1. The molecule has 1 fully saturated rings. The smallest absolute Gasteiger partial charge is 0.243 e. The van der Waals surface area contributed by atoms with Crippen LogP contribution in [0.2, 0.25) is 5.02 Å². The molecule has 2 atom stereocenters. The zero-order valence-corrected chi connectivity index (χ0v) is 19.0. The summed E-state index contributed by atoms with van der Waals surface area (Å²) in [6.07, 6.45) is 11.6. The molecule has 164 valence electrons. The Balaban J connectivity index is 1.43. The normalized spacial score (nSPS) is 17.9. The maximum absolute atomic E-state index is 12.5. The van der Waals surface area contributed by atoms with E-state index in [-0.39, 0.29) is 5.91 Å². The second-order valence-electron chi connectivity index (χ2n) is 9.01. The Morgan fingerprint density at radius 3 is 3.00 bits per heavy atom. The molecule has 2 N–H and O–H groups in total. The average molecular weight is 438 g/mol. The van der Waals surface area contributed by atoms with Crippen molar-refractivity contribution in [3.05, 3.63) is 76.1 Å². The third kappa shape index (κ3) is 6.18. The largest absolute Gasteiger partial charge is 0.347 e. The van der Waals surface area contributed by atoms with Gasteiger partial charge in [0.2, 0.25) is 5.91 Å². The molecule has 0 radical (unpaired) electrons. The Hall–Kier alpha value is -2.17. The lowest BCUT2D eigenvalue weighted by Gasteiger charge is -2.25. The van der Waals surface area contributed by atoms with Crippen molar-refractivity contribution in [3.8, 4) is 0 Å². The minimum Gasteiger partial charge on any atom is -0.347 e. The van der Waals surface area contributed by atoms with Gasteiger partial charge in [0.05, 0.1) is 17.3 Å². The van der Waals surface area contributed by atoms with E-state index in [4.69, 9.17) is 11.6 Å². The number of allylic oxidation sites excluding steroid dienone is 1. The SMILES string of the molecule is CC(CC1CC1)C(C=CC(=O)NCc1ncccc1Cl)Cc1cccc2c1CCNC2. The summed E-state index contributed by atoms with van der Waals surface area (Å²) in [6, 6.07) is 10.3. The first-order chi connectivity index (χ1) is 15.1. The molecule has 4 rings (SSSR count). The van der Waals surface area contributed by atoms with Crippen LogP contribution >= 0.6 is 11.6 Å². The predicted molar refractivity (Wildman–Crippen MR) is 126 cm³/mol. The number of pyridine rings is 1. The van der Waals surface area contributed by atoms with Crippen molar-refractivity contribution in [1.82, 2.24) is 15.6 Å². The summed E-state index contributed by atoms with van der Waals surface area (Å²) in [6.45, 7) is 4.68. The molecule has 1 amide bonds. The number of rotatable bonds is 9. The highest BCUT2D eigenvalue weighted by Crippen LogP contribution is 2.38. The van der Waals surface area contributed by atoms with Gasteiger partial charge in [-0.1, -0.05) is 55.6 Å². The fraction of sp³-hybridized carbons (Fsp3) is 0.462. The van der Waals surface area contributed by atoms with Crippen molar-refractivity contribution in [2.75, 3.05) is 6.54 Å². The van der Waals surface area contributed by atoms with E-state index in [1.807, 2.05) is 0 Å². The van der Waals surface area contributed by atoms with Crippen molar-refractivity contribution >= 4 is 17.5 Å². The number of aromatic nitrogens is 1. The number of carbonyl (C=O) groups is 1. The quantitative estimate of drug-likeness (QED) is 0.551. The first-order valence-corrected chi connectivity index (χ1v) is 11.8. The monoisotopic (exact) mass is 437 g/mol. The molecule has 0 saturated heterocycles. The van der Waals surface area contributed by atoms with Gasteiger partial charge in [-0.25, -0.2) is 0 Å². The number of nitrogens with one attached hydrogen (secondary N) is 2. The molecule has 4 nitrogen and oxygen atoms in total. The second kappa shape index (κ2) is 10.4. The summed E-state index contributed by atoms with van der Waals surface area (Å²) in [5.74, 6) is 1.69. The van der Waals surface area contributed by atoms with Gasteiger partial charge in [0.15, 0.2) is 0 Å². The fourth-order valence-corrected chi connectivity index (χ4v) is 4.75. The lowest BCUT2D eigenvalue weighted by Crippen LogP contribution is -2.25. The topological polar surface area (TPSA) is 54.0 Å². The molecule has 2 aliphatic rings. The van der Waals surface area contributed by atoms with E-state index < -0.39 is 0 Å². The molecule has 0 spiro atoms. The number of halogens is 1. The summed E-state index contributed by atoms with van der Waals surface area (Å²) in [5.41, 5.74) is 5.06. The summed E-state index contributed by atoms with van der Waals surface area (Å²) in [7, 11) is 0. The van der Waals surface area contributed by atoms with E-state index >= 15 is 0 Å². The first kappa shape index (κ1) is 22.0. The van der Waals surface area contributed by atoms with Gasteiger partial charge in [0.1, 0.15) is 0 Å². The lowest BCUT2D eigenvalue weighted by atomic mass is 9.82. The van der Waals surface area contributed by atoms with Crippen molar-refractivity contribution in [2.24, 2.45) is 17.8 Å². The molecule has 5 heteroatoms. The number of benzene rings is 1. The number of hydrogen-bond acceptors (Lipinski definition) is 3. The van der Waals surface area contributed by atoms with Gasteiger partial charge >= 0.3 is 0 Å². The molecule has 0 bridgehead atoms. The van der Waals surface area contributed by atoms with Crippen LogP contribution in [0.3, 0.4) is 0 Å². The third-order valence-corrected chi connectivity index (χ3v) is 6.93. The molecule has 1 aromatic carbocycles. The van der Waals surface area contributed by atoms with Crippen LogP contribution in [0.15, 0.2) is 48.7 Å². The van der Waals surface area contributed by atoms with Gasteiger partial charge in [-0.15, -0.1) is 0 Å². The van der Waals surface area contributed by atoms with Crippen LogP contribution in [0, 0.1) is 17.8 Å². The lowest BCUT2D eigenvalue weighted by molar-refractivity contribution is -0.116. The van der Waals surface area contributed by atoms with Crippen molar-refractivity contribution < 1.29 is 4.79 Å². The highest BCUT2D eigenvalue weighted by molar-refractivity contribution is 6.31. The summed E-state index contributed by atoms with van der Waals surface area (Å²) in [5, 5.41) is 6.96. The first-order valence-electron chi connectivity index (χ1n) is 11.5. The van der Waals surface area contributed by atoms with E-state index in [1.54, 1.807) is 24.4 Å². The molecule has 31 heavy (non-hydrogen) atoms. The van der Waals surface area contributed by atoms with Crippen LogP contribution in [-0.2, 0) is 30.7 Å². The molecule has 2 aromatic rings. The van der Waals surface area contributed by atoms with Crippen molar-refractivity contribution in [1.29, 1.82) is 0 Å². The average Bonchev–Trinajstić information content (AvgIpc) is 3.60. The number of nitrogens with zero attached hydrogens (tertiary/aromatic N) is 1. The second-order valence-corrected chi connectivity index (χ2v) is 9.42. The number of fused-ring (bicyclic) bond motifs is 1. The Morgan fingerprint density at radius 1 is 1.32 bits per heavy atom. The van der Waals surface area contributed by atoms with Gasteiger partial charge in [0.25, 0.3) is 0 Å². The molecular formula is C26H32ClN3O. The maximum Gasteiger partial charge on any atom is 0.243 e. The Bertz CT molecular complexity index is 938. The molecule has 1 aliphatic carbocycles. The number of carbonyl (C=O) groups excluding carboxylic acids is 1. The maximum atomic E-state index is 12.5. The summed E-state index contributed by atoms with van der Waals surface area (Å²) in [4.78, 5) is 16.7. The van der Waals surface area contributed by atoms with Crippen molar-refractivity contribution in [2.45, 2.75) is 52.1 Å². The molecular weight excluding hydrogens is 406 g/mol. The summed E-state index contributed by atoms with van der Waals surface area (Å²) < 4.78 is 0. The number of hydrogen-bond donors (Lipinski definition) is 2. The molecule has 1 aromatic heterocycles. The van der Waals surface area contributed by atoms with Crippen LogP contribution in [0.5, 0.6) is 0 Å². The van der Waals surface area contributed by atoms with Gasteiger partial charge < -0.3 is 10.6 Å². The van der Waals surface area contributed by atoms with Gasteiger partial charge in [-0.05, 0) is 78.5 Å². The predicted octanol–water partition coefficient (Wildman–Crippen LogP) is 4.85. The highest BCUT2D eigenvalue weighted by atomic mass is 35.5. The van der Waals surface area contributed by atoms with Crippen LogP contribution in [-0.4, -0.2) is 17.4 Å². The Morgan fingerprint density at radius 2 is 2.19 bits per heavy atom. The summed E-state index contributed by atoms with van der Waals surface area (Å²) >= 11 is 6.14. The van der Waals surface area contributed by atoms with Crippen LogP contribution in [0.25, 0.3) is 0 Å². The fourth-order valence-electron chi connectivity index (χ4n) is 4.56. The zero-order valence-electron chi connectivity index (χ0n) is 18.2. The minimum absolute atomic E-state index is 0.0929. The molecule has 2 heterocycles. The molecule has 2 unspecified atom stereocenters. The minimum atomic E-state index is -0.0929. The zero-order chi connectivity index (χ0) is 21.6. The Labute approximate surface area is 190 Å². The van der Waals surface area contributed by atoms with Gasteiger partial charge in [-0.2, -0.15) is 0 Å². The Kier molecular flexibility index (Phi) is 7.41. The van der Waals surface area contributed by atoms with E-state index in [1.165, 1.54) is 36.0 Å². The van der Waals surface area contributed by atoms with Crippen LogP contribution in [0.4, 0.5) is 0 Å². The van der Waals surface area contributed by atoms with Gasteiger partial charge in [0, 0.05) is 12.7 Å². The van der Waals surface area contributed by atoms with E-state index in [0.717, 1.165) is 31.8 Å². The van der Waals surface area contributed by atoms with Gasteiger partial charge in [-0.3, -0.25) is 9.78 Å². The highest BCUT2D eigenvalue weighted by Gasteiger charge is 2.27. The van der Waals surface area contributed by atoms with Crippen LogP contribution in [0.1, 0.15) is 48.6 Å². The van der Waals surface area contributed by atoms with Crippen molar-refractivity contribution in [3.63, 3.8) is 0 Å². The van der Waals surface area contributed by atoms with E-state index in [2.05, 4.69) is 46.8 Å². The van der Waals surface area contributed by atoms with E-state index in [9.17, 15) is 4.79 Å². The molecule has 1 aliphatic heterocycles. The van der Waals surface area contributed by atoms with E-state index in [0.29, 0.717) is 29.1 Å². The standard InChI is InChI=1S/C26H32ClN3O/c1-18(14-19-7-8-19)20(15-21-4-2-5-22-16-28-13-11-23(21)22)9-10-26(31)30-17-25-24(27)6-3-12-29-25/h2-6,9-10,12,18-20,28H,7-8,11,13-17H2,1H3,(H,30,31). The third-order valence-electron chi connectivity index (χ3n) is 6.59.